The molecule has 1 amide bonds. The van der Waals surface area contributed by atoms with Crippen LogP contribution < -0.4 is 5.32 Å². The summed E-state index contributed by atoms with van der Waals surface area (Å²) < 4.78 is 5.03. The van der Waals surface area contributed by atoms with E-state index in [1.165, 1.54) is 5.56 Å². The Labute approximate surface area is 103 Å². The van der Waals surface area contributed by atoms with Crippen molar-refractivity contribution in [2.24, 2.45) is 0 Å². The molecule has 0 fully saturated rings. The minimum atomic E-state index is -0.0351. The highest BCUT2D eigenvalue weighted by atomic mass is 16.5. The summed E-state index contributed by atoms with van der Waals surface area (Å²) in [5, 5.41) is 2.85. The van der Waals surface area contributed by atoms with E-state index in [9.17, 15) is 4.79 Å². The number of carbonyl (C=O) groups is 1. The minimum Gasteiger partial charge on any atom is -0.372 e. The quantitative estimate of drug-likeness (QED) is 0.787. The van der Waals surface area contributed by atoms with E-state index in [0.717, 1.165) is 6.42 Å². The van der Waals surface area contributed by atoms with Gasteiger partial charge in [-0.3, -0.25) is 4.79 Å². The van der Waals surface area contributed by atoms with E-state index in [1.807, 2.05) is 25.1 Å². The Kier molecular flexibility index (Phi) is 6.33. The Morgan fingerprint density at radius 3 is 2.71 bits per heavy atom. The molecule has 17 heavy (non-hydrogen) atoms. The molecule has 0 bridgehead atoms. The molecule has 0 aliphatic rings. The Morgan fingerprint density at radius 1 is 1.35 bits per heavy atom. The van der Waals surface area contributed by atoms with Crippen molar-refractivity contribution in [1.29, 1.82) is 0 Å². The van der Waals surface area contributed by atoms with Crippen LogP contribution >= 0.6 is 0 Å². The van der Waals surface area contributed by atoms with E-state index < -0.39 is 0 Å². The molecular formula is C14H21NO2. The van der Waals surface area contributed by atoms with Gasteiger partial charge in [-0.05, 0) is 24.8 Å². The van der Waals surface area contributed by atoms with E-state index in [4.69, 9.17) is 4.74 Å². The summed E-state index contributed by atoms with van der Waals surface area (Å²) in [6.07, 6.45) is 0.946. The number of hydrogen-bond donors (Lipinski definition) is 1. The van der Waals surface area contributed by atoms with Gasteiger partial charge in [0.1, 0.15) is 6.61 Å². The van der Waals surface area contributed by atoms with Crippen LogP contribution in [-0.2, 0) is 9.53 Å². The zero-order chi connectivity index (χ0) is 12.5. The molecule has 94 valence electrons. The van der Waals surface area contributed by atoms with Gasteiger partial charge < -0.3 is 10.1 Å². The molecule has 1 rings (SSSR count). The second kappa shape index (κ2) is 7.85. The fourth-order valence-corrected chi connectivity index (χ4v) is 1.62. The van der Waals surface area contributed by atoms with Crippen LogP contribution in [-0.4, -0.2) is 25.7 Å². The first-order valence-corrected chi connectivity index (χ1v) is 6.13. The Hall–Kier alpha value is -1.35. The number of carbonyl (C=O) groups excluding carboxylic acids is 1. The van der Waals surface area contributed by atoms with Crippen molar-refractivity contribution >= 4 is 5.91 Å². The summed E-state index contributed by atoms with van der Waals surface area (Å²) in [6, 6.07) is 10.3. The SMILES string of the molecule is CCOCC(=O)NCCC(C)c1ccccc1. The Balaban J connectivity index is 2.20. The molecule has 0 aliphatic carbocycles. The van der Waals surface area contributed by atoms with Crippen LogP contribution in [0.25, 0.3) is 0 Å². The molecule has 0 radical (unpaired) electrons. The highest BCUT2D eigenvalue weighted by molar-refractivity contribution is 5.77. The van der Waals surface area contributed by atoms with E-state index in [0.29, 0.717) is 19.1 Å². The topological polar surface area (TPSA) is 38.3 Å². The maximum absolute atomic E-state index is 11.3. The van der Waals surface area contributed by atoms with E-state index in [2.05, 4.69) is 24.4 Å². The second-order valence-electron chi connectivity index (χ2n) is 4.09. The summed E-state index contributed by atoms with van der Waals surface area (Å²) in [4.78, 5) is 11.3. The third kappa shape index (κ3) is 5.50. The maximum Gasteiger partial charge on any atom is 0.245 e. The molecule has 1 atom stereocenters. The van der Waals surface area contributed by atoms with E-state index >= 15 is 0 Å². The van der Waals surface area contributed by atoms with Crippen molar-refractivity contribution < 1.29 is 9.53 Å². The van der Waals surface area contributed by atoms with Gasteiger partial charge in [0.05, 0.1) is 0 Å². The molecule has 1 unspecified atom stereocenters. The molecule has 1 N–H and O–H groups in total. The Morgan fingerprint density at radius 2 is 2.06 bits per heavy atom. The van der Waals surface area contributed by atoms with Gasteiger partial charge in [0.2, 0.25) is 5.91 Å². The third-order valence-electron chi connectivity index (χ3n) is 2.71. The van der Waals surface area contributed by atoms with Gasteiger partial charge >= 0.3 is 0 Å². The number of nitrogens with one attached hydrogen (secondary N) is 1. The lowest BCUT2D eigenvalue weighted by atomic mass is 9.98. The lowest BCUT2D eigenvalue weighted by Gasteiger charge is -2.12. The van der Waals surface area contributed by atoms with Crippen LogP contribution in [0, 0.1) is 0 Å². The first kappa shape index (κ1) is 13.7. The van der Waals surface area contributed by atoms with Crippen molar-refractivity contribution in [3.8, 4) is 0 Å². The molecule has 1 aromatic rings. The molecule has 3 heteroatoms. The van der Waals surface area contributed by atoms with Gasteiger partial charge in [0.25, 0.3) is 0 Å². The number of hydrogen-bond acceptors (Lipinski definition) is 2. The van der Waals surface area contributed by atoms with Gasteiger partial charge in [-0.15, -0.1) is 0 Å². The van der Waals surface area contributed by atoms with Crippen LogP contribution in [0.3, 0.4) is 0 Å². The largest absolute Gasteiger partial charge is 0.372 e. The zero-order valence-corrected chi connectivity index (χ0v) is 10.6. The fourth-order valence-electron chi connectivity index (χ4n) is 1.62. The molecule has 0 spiro atoms. The van der Waals surface area contributed by atoms with Gasteiger partial charge in [0.15, 0.2) is 0 Å². The number of rotatable bonds is 7. The zero-order valence-electron chi connectivity index (χ0n) is 10.6. The molecule has 0 saturated heterocycles. The minimum absolute atomic E-state index is 0.0351. The fraction of sp³-hybridized carbons (Fsp3) is 0.500. The van der Waals surface area contributed by atoms with Crippen LogP contribution in [0.4, 0.5) is 0 Å². The summed E-state index contributed by atoms with van der Waals surface area (Å²) >= 11 is 0. The van der Waals surface area contributed by atoms with Crippen molar-refractivity contribution in [2.45, 2.75) is 26.2 Å². The molecule has 1 aromatic carbocycles. The Bertz CT molecular complexity index is 324. The molecule has 3 nitrogen and oxygen atoms in total. The van der Waals surface area contributed by atoms with Crippen molar-refractivity contribution in [3.05, 3.63) is 35.9 Å². The van der Waals surface area contributed by atoms with Crippen LogP contribution in [0.15, 0.2) is 30.3 Å². The van der Waals surface area contributed by atoms with Crippen LogP contribution in [0.1, 0.15) is 31.7 Å². The lowest BCUT2D eigenvalue weighted by Crippen LogP contribution is -2.29. The summed E-state index contributed by atoms with van der Waals surface area (Å²) in [5.74, 6) is 0.427. The van der Waals surface area contributed by atoms with Crippen molar-refractivity contribution in [1.82, 2.24) is 5.32 Å². The predicted molar refractivity (Wildman–Crippen MR) is 69.0 cm³/mol. The van der Waals surface area contributed by atoms with E-state index in [-0.39, 0.29) is 12.5 Å². The summed E-state index contributed by atoms with van der Waals surface area (Å²) in [5.41, 5.74) is 1.31. The highest BCUT2D eigenvalue weighted by Gasteiger charge is 2.05. The first-order valence-electron chi connectivity index (χ1n) is 6.13. The van der Waals surface area contributed by atoms with E-state index in [1.54, 1.807) is 0 Å². The second-order valence-corrected chi connectivity index (χ2v) is 4.09. The predicted octanol–water partition coefficient (Wildman–Crippen LogP) is 2.33. The number of ether oxygens (including phenoxy) is 1. The normalized spacial score (nSPS) is 12.1. The monoisotopic (exact) mass is 235 g/mol. The van der Waals surface area contributed by atoms with Gasteiger partial charge in [-0.2, -0.15) is 0 Å². The molecular weight excluding hydrogens is 214 g/mol. The molecule has 0 aromatic heterocycles. The third-order valence-corrected chi connectivity index (χ3v) is 2.71. The van der Waals surface area contributed by atoms with Gasteiger partial charge in [0, 0.05) is 13.2 Å². The standard InChI is InChI=1S/C14H21NO2/c1-3-17-11-14(16)15-10-9-12(2)13-7-5-4-6-8-13/h4-8,12H,3,9-11H2,1-2H3,(H,15,16). The summed E-state index contributed by atoms with van der Waals surface area (Å²) in [6.45, 7) is 5.49. The van der Waals surface area contributed by atoms with Crippen LogP contribution in [0.2, 0.25) is 0 Å². The smallest absolute Gasteiger partial charge is 0.245 e. The average Bonchev–Trinajstić information content (AvgIpc) is 2.37. The highest BCUT2D eigenvalue weighted by Crippen LogP contribution is 2.17. The van der Waals surface area contributed by atoms with Crippen molar-refractivity contribution in [2.75, 3.05) is 19.8 Å². The van der Waals surface area contributed by atoms with Crippen LogP contribution in [0.5, 0.6) is 0 Å². The molecule has 0 heterocycles. The number of amides is 1. The average molecular weight is 235 g/mol. The molecule has 0 aliphatic heterocycles. The van der Waals surface area contributed by atoms with Gasteiger partial charge in [-0.1, -0.05) is 37.3 Å². The molecule has 0 saturated carbocycles. The van der Waals surface area contributed by atoms with Gasteiger partial charge in [-0.25, -0.2) is 0 Å². The van der Waals surface area contributed by atoms with Crippen molar-refractivity contribution in [3.63, 3.8) is 0 Å². The maximum atomic E-state index is 11.3. The lowest BCUT2D eigenvalue weighted by molar-refractivity contribution is -0.125. The number of benzene rings is 1. The first-order chi connectivity index (χ1) is 8.24. The summed E-state index contributed by atoms with van der Waals surface area (Å²) in [7, 11) is 0.